The highest BCUT2D eigenvalue weighted by Crippen LogP contribution is 2.60. The minimum atomic E-state index is -0.801. The van der Waals surface area contributed by atoms with Gasteiger partial charge in [0.05, 0.1) is 6.42 Å². The molecule has 0 aromatic heterocycles. The number of rotatable bonds is 6. The average molecular weight is 337 g/mol. The van der Waals surface area contributed by atoms with E-state index in [-0.39, 0.29) is 17.8 Å². The van der Waals surface area contributed by atoms with Gasteiger partial charge in [0.2, 0.25) is 0 Å². The number of nitrogens with one attached hydrogen (secondary N) is 1. The van der Waals surface area contributed by atoms with Crippen LogP contribution in [0.1, 0.15) is 60.3 Å². The zero-order chi connectivity index (χ0) is 18.1. The van der Waals surface area contributed by atoms with Crippen molar-refractivity contribution in [3.05, 3.63) is 11.6 Å². The number of hydrogen-bond acceptors (Lipinski definition) is 3. The van der Waals surface area contributed by atoms with E-state index in [4.69, 9.17) is 4.74 Å². The van der Waals surface area contributed by atoms with Crippen LogP contribution in [0.15, 0.2) is 11.6 Å². The number of carboxylic acids is 1. The Kier molecular flexibility index (Phi) is 5.31. The number of amides is 1. The van der Waals surface area contributed by atoms with Crippen LogP contribution in [-0.2, 0) is 9.53 Å². The molecule has 0 aromatic carbocycles. The molecule has 0 saturated heterocycles. The number of fused-ring (bicyclic) bond motifs is 1. The normalized spacial score (nSPS) is 28.8. The Morgan fingerprint density at radius 1 is 1.42 bits per heavy atom. The zero-order valence-corrected chi connectivity index (χ0v) is 15.5. The van der Waals surface area contributed by atoms with Crippen LogP contribution >= 0.6 is 0 Å². The fourth-order valence-electron chi connectivity index (χ4n) is 4.28. The van der Waals surface area contributed by atoms with Crippen molar-refractivity contribution in [1.82, 2.24) is 5.32 Å². The Labute approximate surface area is 144 Å². The van der Waals surface area contributed by atoms with E-state index in [9.17, 15) is 14.7 Å². The number of aliphatic carboxylic acids is 1. The fraction of sp³-hybridized carbons (Fsp3) is 0.789. The van der Waals surface area contributed by atoms with Crippen molar-refractivity contribution in [3.8, 4) is 0 Å². The number of carbonyl (C=O) groups excluding carboxylic acids is 1. The molecule has 0 aromatic rings. The van der Waals surface area contributed by atoms with Gasteiger partial charge < -0.3 is 15.2 Å². The lowest BCUT2D eigenvalue weighted by atomic mass is 9.53. The molecule has 2 N–H and O–H groups in total. The maximum Gasteiger partial charge on any atom is 0.407 e. The smallest absolute Gasteiger partial charge is 0.407 e. The number of alkyl carbamates (subject to hydrolysis) is 1. The second-order valence-electron chi connectivity index (χ2n) is 8.91. The topological polar surface area (TPSA) is 75.6 Å². The summed E-state index contributed by atoms with van der Waals surface area (Å²) in [6.07, 6.45) is 4.92. The van der Waals surface area contributed by atoms with Gasteiger partial charge in [-0.25, -0.2) is 4.79 Å². The summed E-state index contributed by atoms with van der Waals surface area (Å²) in [5.41, 5.74) is 0.528. The van der Waals surface area contributed by atoms with Gasteiger partial charge in [0.15, 0.2) is 0 Å². The van der Waals surface area contributed by atoms with E-state index in [1.807, 2.05) is 20.8 Å². The van der Waals surface area contributed by atoms with Crippen LogP contribution in [0.3, 0.4) is 0 Å². The predicted octanol–water partition coefficient (Wildman–Crippen LogP) is 3.98. The highest BCUT2D eigenvalue weighted by atomic mass is 16.6. The van der Waals surface area contributed by atoms with Gasteiger partial charge in [-0.3, -0.25) is 4.79 Å². The molecule has 0 bridgehead atoms. The van der Waals surface area contributed by atoms with Crippen LogP contribution in [0.2, 0.25) is 0 Å². The molecule has 0 aliphatic heterocycles. The van der Waals surface area contributed by atoms with Gasteiger partial charge in [0.1, 0.15) is 5.60 Å². The zero-order valence-electron chi connectivity index (χ0n) is 15.5. The predicted molar refractivity (Wildman–Crippen MR) is 92.7 cm³/mol. The first kappa shape index (κ1) is 18.8. The van der Waals surface area contributed by atoms with Crippen molar-refractivity contribution in [2.24, 2.45) is 23.2 Å². The third-order valence-electron chi connectivity index (χ3n) is 4.98. The molecule has 5 nitrogen and oxygen atoms in total. The Balaban J connectivity index is 2.03. The van der Waals surface area contributed by atoms with E-state index in [0.717, 1.165) is 19.3 Å². The van der Waals surface area contributed by atoms with Crippen LogP contribution in [0.4, 0.5) is 4.79 Å². The molecule has 0 spiro atoms. The van der Waals surface area contributed by atoms with Gasteiger partial charge >= 0.3 is 12.1 Å². The van der Waals surface area contributed by atoms with Crippen molar-refractivity contribution in [1.29, 1.82) is 0 Å². The van der Waals surface area contributed by atoms with Crippen LogP contribution < -0.4 is 5.32 Å². The molecule has 0 unspecified atom stereocenters. The number of carboxylic acid groups (broad SMARTS) is 1. The monoisotopic (exact) mass is 337 g/mol. The first-order valence-electron chi connectivity index (χ1n) is 8.89. The van der Waals surface area contributed by atoms with Gasteiger partial charge in [0.25, 0.3) is 0 Å². The molecule has 1 saturated carbocycles. The van der Waals surface area contributed by atoms with Crippen LogP contribution in [0.5, 0.6) is 0 Å². The molecule has 3 atom stereocenters. The first-order valence-corrected chi connectivity index (χ1v) is 8.89. The fourth-order valence-corrected chi connectivity index (χ4v) is 4.28. The van der Waals surface area contributed by atoms with Gasteiger partial charge in [-0.1, -0.05) is 25.5 Å². The molecule has 1 amide bonds. The second kappa shape index (κ2) is 6.77. The lowest BCUT2D eigenvalue weighted by Gasteiger charge is -2.51. The van der Waals surface area contributed by atoms with E-state index in [2.05, 4.69) is 25.2 Å². The second-order valence-corrected chi connectivity index (χ2v) is 8.91. The van der Waals surface area contributed by atoms with Crippen LogP contribution in [0, 0.1) is 23.2 Å². The largest absolute Gasteiger partial charge is 0.481 e. The van der Waals surface area contributed by atoms with E-state index >= 15 is 0 Å². The summed E-state index contributed by atoms with van der Waals surface area (Å²) in [7, 11) is 0. The van der Waals surface area contributed by atoms with Gasteiger partial charge in [-0.05, 0) is 57.8 Å². The van der Waals surface area contributed by atoms with Crippen LogP contribution in [0.25, 0.3) is 0 Å². The summed E-state index contributed by atoms with van der Waals surface area (Å²) in [5.74, 6) is 0.614. The maximum atomic E-state index is 11.9. The molecule has 24 heavy (non-hydrogen) atoms. The van der Waals surface area contributed by atoms with Crippen molar-refractivity contribution in [3.63, 3.8) is 0 Å². The molecule has 2 aliphatic rings. The Hall–Kier alpha value is -1.52. The molecule has 0 radical (unpaired) electrons. The Morgan fingerprint density at radius 2 is 2.08 bits per heavy atom. The summed E-state index contributed by atoms with van der Waals surface area (Å²) in [4.78, 5) is 23.3. The third kappa shape index (κ3) is 4.52. The van der Waals surface area contributed by atoms with Crippen molar-refractivity contribution in [2.75, 3.05) is 6.54 Å². The molecular formula is C19H31NO4. The first-order chi connectivity index (χ1) is 11.0. The summed E-state index contributed by atoms with van der Waals surface area (Å²) in [5, 5.41) is 12.1. The van der Waals surface area contributed by atoms with Gasteiger partial charge in [-0.15, -0.1) is 0 Å². The summed E-state index contributed by atoms with van der Waals surface area (Å²) in [6, 6.07) is 0. The lowest BCUT2D eigenvalue weighted by Crippen LogP contribution is -2.53. The standard InChI is InChI=1S/C19H31NO4/c1-12(2)6-13-7-14-9-19(10-16(21)22,15(14)8-13)11-20-17(23)24-18(3,4)5/h8,12,14-15H,6-7,9-11H2,1-5H3,(H,20,23)(H,21,22)/t14-,15-,19-/m0/s1. The van der Waals surface area contributed by atoms with E-state index in [0.29, 0.717) is 18.4 Å². The SMILES string of the molecule is CC(C)CC1=C[C@H]2[C@@H](C1)C[C@@]2(CNC(=O)OC(C)(C)C)CC(=O)O. The summed E-state index contributed by atoms with van der Waals surface area (Å²) in [6.45, 7) is 10.2. The van der Waals surface area contributed by atoms with E-state index in [1.54, 1.807) is 0 Å². The molecule has 5 heteroatoms. The highest BCUT2D eigenvalue weighted by molar-refractivity contribution is 5.70. The molecular weight excluding hydrogens is 306 g/mol. The number of hydrogen-bond donors (Lipinski definition) is 2. The summed E-state index contributed by atoms with van der Waals surface area (Å²) >= 11 is 0. The Morgan fingerprint density at radius 3 is 2.62 bits per heavy atom. The minimum absolute atomic E-state index is 0.0927. The number of carbonyl (C=O) groups is 2. The van der Waals surface area contributed by atoms with Gasteiger partial charge in [0, 0.05) is 12.0 Å². The average Bonchev–Trinajstić information content (AvgIpc) is 2.69. The van der Waals surface area contributed by atoms with E-state index < -0.39 is 17.7 Å². The van der Waals surface area contributed by atoms with Crippen LogP contribution in [-0.4, -0.2) is 29.3 Å². The summed E-state index contributed by atoms with van der Waals surface area (Å²) < 4.78 is 5.28. The molecule has 1 fully saturated rings. The molecule has 2 rings (SSSR count). The third-order valence-corrected chi connectivity index (χ3v) is 4.98. The lowest BCUT2D eigenvalue weighted by molar-refractivity contribution is -0.144. The van der Waals surface area contributed by atoms with Crippen molar-refractivity contribution >= 4 is 12.1 Å². The molecule has 0 heterocycles. The molecule has 2 aliphatic carbocycles. The van der Waals surface area contributed by atoms with Crippen molar-refractivity contribution < 1.29 is 19.4 Å². The maximum absolute atomic E-state index is 11.9. The highest BCUT2D eigenvalue weighted by Gasteiger charge is 2.55. The van der Waals surface area contributed by atoms with Crippen molar-refractivity contribution in [2.45, 2.75) is 65.9 Å². The van der Waals surface area contributed by atoms with Gasteiger partial charge in [-0.2, -0.15) is 0 Å². The quantitative estimate of drug-likeness (QED) is 0.719. The number of ether oxygens (including phenoxy) is 1. The Bertz CT molecular complexity index is 532. The molecule has 136 valence electrons. The minimum Gasteiger partial charge on any atom is -0.481 e. The number of allylic oxidation sites excluding steroid dienone is 2. The van der Waals surface area contributed by atoms with E-state index in [1.165, 1.54) is 5.57 Å².